The van der Waals surface area contributed by atoms with Crippen molar-refractivity contribution in [3.8, 4) is 0 Å². The predicted molar refractivity (Wildman–Crippen MR) is 43.1 cm³/mol. The molecule has 5 heteroatoms. The highest BCUT2D eigenvalue weighted by Crippen LogP contribution is 2.29. The number of hydrogen-bond acceptors (Lipinski definition) is 0. The maximum absolute atomic E-state index is 12.1. The van der Waals surface area contributed by atoms with Crippen LogP contribution in [0.3, 0.4) is 0 Å². The van der Waals surface area contributed by atoms with Crippen LogP contribution in [-0.4, -0.2) is 6.18 Å². The van der Waals surface area contributed by atoms with Crippen molar-refractivity contribution in [2.75, 3.05) is 0 Å². The van der Waals surface area contributed by atoms with Crippen LogP contribution < -0.4 is 5.73 Å². The van der Waals surface area contributed by atoms with Crippen molar-refractivity contribution < 1.29 is 18.9 Å². The summed E-state index contributed by atoms with van der Waals surface area (Å²) in [5.41, 5.74) is 3.16. The standard InChI is InChI=1S/C8H7ClF3N/c9-6-3-1-5(2-4-6)7(13)8(10,11)12/h1-4,7H,13H2/p+1/t7-/m1/s1. The molecule has 1 atom stereocenters. The van der Waals surface area contributed by atoms with Crippen LogP contribution in [0, 0.1) is 0 Å². The van der Waals surface area contributed by atoms with Gasteiger partial charge in [0, 0.05) is 10.6 Å². The molecule has 0 unspecified atom stereocenters. The number of halogens is 4. The lowest BCUT2D eigenvalue weighted by Crippen LogP contribution is -2.60. The molecule has 3 N–H and O–H groups in total. The molecule has 1 nitrogen and oxygen atoms in total. The average Bonchev–Trinajstić information content (AvgIpc) is 2.03. The average molecular weight is 211 g/mol. The van der Waals surface area contributed by atoms with Crippen LogP contribution >= 0.6 is 11.6 Å². The molecule has 0 bridgehead atoms. The first-order valence-corrected chi connectivity index (χ1v) is 3.94. The van der Waals surface area contributed by atoms with Gasteiger partial charge in [0.2, 0.25) is 6.04 Å². The van der Waals surface area contributed by atoms with E-state index >= 15 is 0 Å². The minimum atomic E-state index is -4.30. The molecule has 0 aliphatic heterocycles. The van der Waals surface area contributed by atoms with Gasteiger partial charge in [-0.1, -0.05) is 23.7 Å². The van der Waals surface area contributed by atoms with Gasteiger partial charge in [0.15, 0.2) is 0 Å². The number of benzene rings is 1. The highest BCUT2D eigenvalue weighted by atomic mass is 35.5. The van der Waals surface area contributed by atoms with E-state index in [1.54, 1.807) is 0 Å². The molecule has 1 aromatic rings. The summed E-state index contributed by atoms with van der Waals surface area (Å²) >= 11 is 5.53. The van der Waals surface area contributed by atoms with Gasteiger partial charge in [0.1, 0.15) is 0 Å². The van der Waals surface area contributed by atoms with E-state index in [-0.39, 0.29) is 5.56 Å². The van der Waals surface area contributed by atoms with Crippen molar-refractivity contribution in [2.24, 2.45) is 0 Å². The molecule has 0 amide bonds. The number of alkyl halides is 3. The van der Waals surface area contributed by atoms with E-state index < -0.39 is 12.2 Å². The molecule has 0 fully saturated rings. The first kappa shape index (κ1) is 10.3. The summed E-state index contributed by atoms with van der Waals surface area (Å²) in [6.45, 7) is 0. The SMILES string of the molecule is [NH3+][C@H](c1ccc(Cl)cc1)C(F)(F)F. The maximum atomic E-state index is 12.1. The number of quaternary nitrogens is 1. The van der Waals surface area contributed by atoms with Gasteiger partial charge in [0.25, 0.3) is 0 Å². The maximum Gasteiger partial charge on any atom is 0.445 e. The summed E-state index contributed by atoms with van der Waals surface area (Å²) in [7, 11) is 0. The van der Waals surface area contributed by atoms with Crippen molar-refractivity contribution in [3.63, 3.8) is 0 Å². The smallest absolute Gasteiger partial charge is 0.344 e. The molecule has 0 saturated carbocycles. The Morgan fingerprint density at radius 3 is 2.00 bits per heavy atom. The fourth-order valence-corrected chi connectivity index (χ4v) is 1.01. The zero-order valence-electron chi connectivity index (χ0n) is 6.61. The van der Waals surface area contributed by atoms with Crippen LogP contribution in [0.5, 0.6) is 0 Å². The van der Waals surface area contributed by atoms with E-state index in [0.29, 0.717) is 5.02 Å². The molecule has 1 aromatic carbocycles. The first-order chi connectivity index (χ1) is 5.91. The largest absolute Gasteiger partial charge is 0.445 e. The molecule has 0 heterocycles. The third kappa shape index (κ3) is 2.60. The summed E-state index contributed by atoms with van der Waals surface area (Å²) in [6.07, 6.45) is -4.30. The summed E-state index contributed by atoms with van der Waals surface area (Å²) in [5.74, 6) is 0. The van der Waals surface area contributed by atoms with Crippen LogP contribution in [0.25, 0.3) is 0 Å². The van der Waals surface area contributed by atoms with E-state index in [0.717, 1.165) is 0 Å². The van der Waals surface area contributed by atoms with Gasteiger partial charge in [-0.05, 0) is 12.1 Å². The second-order valence-electron chi connectivity index (χ2n) is 2.65. The Labute approximate surface area is 78.3 Å². The van der Waals surface area contributed by atoms with Crippen LogP contribution in [0.1, 0.15) is 11.6 Å². The molecule has 0 aliphatic rings. The highest BCUT2D eigenvalue weighted by Gasteiger charge is 2.41. The lowest BCUT2D eigenvalue weighted by Gasteiger charge is -2.12. The van der Waals surface area contributed by atoms with Crippen molar-refractivity contribution in [1.82, 2.24) is 0 Å². The normalized spacial score (nSPS) is 14.2. The predicted octanol–water partition coefficient (Wildman–Crippen LogP) is 2.19. The van der Waals surface area contributed by atoms with E-state index in [9.17, 15) is 13.2 Å². The highest BCUT2D eigenvalue weighted by molar-refractivity contribution is 6.30. The van der Waals surface area contributed by atoms with Crippen molar-refractivity contribution in [3.05, 3.63) is 34.9 Å². The van der Waals surface area contributed by atoms with Crippen molar-refractivity contribution in [2.45, 2.75) is 12.2 Å². The second-order valence-corrected chi connectivity index (χ2v) is 3.08. The molecule has 1 rings (SSSR count). The van der Waals surface area contributed by atoms with E-state index in [2.05, 4.69) is 5.73 Å². The Hall–Kier alpha value is -0.740. The lowest BCUT2D eigenvalue weighted by atomic mass is 10.1. The Bertz CT molecular complexity index is 280. The molecule has 72 valence electrons. The van der Waals surface area contributed by atoms with Gasteiger partial charge in [-0.2, -0.15) is 13.2 Å². The van der Waals surface area contributed by atoms with Gasteiger partial charge in [0.05, 0.1) is 0 Å². The summed E-state index contributed by atoms with van der Waals surface area (Å²) in [6, 6.07) is 3.80. The molecule has 0 aromatic heterocycles. The number of rotatable bonds is 1. The quantitative estimate of drug-likeness (QED) is 0.736. The zero-order chi connectivity index (χ0) is 10.1. The van der Waals surface area contributed by atoms with Gasteiger partial charge in [-0.25, -0.2) is 0 Å². The fraction of sp³-hybridized carbons (Fsp3) is 0.250. The minimum Gasteiger partial charge on any atom is -0.344 e. The third-order valence-electron chi connectivity index (χ3n) is 1.67. The van der Waals surface area contributed by atoms with Gasteiger partial charge in [-0.15, -0.1) is 0 Å². The van der Waals surface area contributed by atoms with Crippen LogP contribution in [0.15, 0.2) is 24.3 Å². The summed E-state index contributed by atoms with van der Waals surface area (Å²) in [4.78, 5) is 0. The molecule has 13 heavy (non-hydrogen) atoms. The molecule has 0 radical (unpaired) electrons. The van der Waals surface area contributed by atoms with Gasteiger partial charge in [-0.3, -0.25) is 0 Å². The van der Waals surface area contributed by atoms with Gasteiger partial charge >= 0.3 is 6.18 Å². The van der Waals surface area contributed by atoms with Crippen LogP contribution in [-0.2, 0) is 0 Å². The molecule has 0 spiro atoms. The summed E-state index contributed by atoms with van der Waals surface area (Å²) < 4.78 is 36.4. The van der Waals surface area contributed by atoms with Gasteiger partial charge < -0.3 is 5.73 Å². The Morgan fingerprint density at radius 2 is 1.62 bits per heavy atom. The third-order valence-corrected chi connectivity index (χ3v) is 1.92. The Morgan fingerprint density at radius 1 is 1.15 bits per heavy atom. The zero-order valence-corrected chi connectivity index (χ0v) is 7.36. The topological polar surface area (TPSA) is 27.6 Å². The molecule has 0 saturated heterocycles. The summed E-state index contributed by atoms with van der Waals surface area (Å²) in [5, 5.41) is 0.415. The monoisotopic (exact) mass is 210 g/mol. The Balaban J connectivity index is 2.90. The number of hydrogen-bond donors (Lipinski definition) is 1. The van der Waals surface area contributed by atoms with E-state index in [4.69, 9.17) is 11.6 Å². The van der Waals surface area contributed by atoms with Crippen molar-refractivity contribution >= 4 is 11.6 Å². The van der Waals surface area contributed by atoms with E-state index in [1.165, 1.54) is 24.3 Å². The molecular formula is C8H8ClF3N+. The Kier molecular flexibility index (Phi) is 2.83. The van der Waals surface area contributed by atoms with Crippen LogP contribution in [0.4, 0.5) is 13.2 Å². The van der Waals surface area contributed by atoms with Crippen LogP contribution in [0.2, 0.25) is 5.02 Å². The van der Waals surface area contributed by atoms with Crippen molar-refractivity contribution in [1.29, 1.82) is 0 Å². The first-order valence-electron chi connectivity index (χ1n) is 3.56. The molecular weight excluding hydrogens is 203 g/mol. The van der Waals surface area contributed by atoms with E-state index in [1.807, 2.05) is 0 Å². The fourth-order valence-electron chi connectivity index (χ4n) is 0.884. The molecule has 0 aliphatic carbocycles. The second kappa shape index (κ2) is 3.55. The minimum absolute atomic E-state index is 0.122. The lowest BCUT2D eigenvalue weighted by molar-refractivity contribution is -0.488.